The Morgan fingerprint density at radius 2 is 2.08 bits per heavy atom. The SMILES string of the molecule is CC[C@@H]1CN(CC)C(=O)CN1.Cl.Cl. The van der Waals surface area contributed by atoms with Crippen molar-refractivity contribution in [3.63, 3.8) is 0 Å². The fourth-order valence-electron chi connectivity index (χ4n) is 1.35. The van der Waals surface area contributed by atoms with Crippen molar-refractivity contribution in [1.29, 1.82) is 0 Å². The highest BCUT2D eigenvalue weighted by molar-refractivity contribution is 5.85. The van der Waals surface area contributed by atoms with Crippen molar-refractivity contribution in [1.82, 2.24) is 10.2 Å². The molecule has 1 heterocycles. The molecule has 3 nitrogen and oxygen atoms in total. The molecule has 1 aliphatic rings. The maximum atomic E-state index is 11.2. The lowest BCUT2D eigenvalue weighted by Crippen LogP contribution is -2.53. The topological polar surface area (TPSA) is 32.3 Å². The monoisotopic (exact) mass is 228 g/mol. The third-order valence-electron chi connectivity index (χ3n) is 2.21. The van der Waals surface area contributed by atoms with Gasteiger partial charge >= 0.3 is 0 Å². The van der Waals surface area contributed by atoms with E-state index in [1.165, 1.54) is 0 Å². The number of hydrogen-bond donors (Lipinski definition) is 1. The number of amides is 1. The molecular weight excluding hydrogens is 211 g/mol. The van der Waals surface area contributed by atoms with Gasteiger partial charge in [0.1, 0.15) is 0 Å². The molecule has 0 spiro atoms. The van der Waals surface area contributed by atoms with Crippen LogP contribution in [0, 0.1) is 0 Å². The molecule has 0 radical (unpaired) electrons. The van der Waals surface area contributed by atoms with E-state index in [1.807, 2.05) is 11.8 Å². The second-order valence-electron chi connectivity index (χ2n) is 2.92. The molecule has 5 heteroatoms. The zero-order chi connectivity index (χ0) is 8.27. The lowest BCUT2D eigenvalue weighted by molar-refractivity contribution is -0.132. The quantitative estimate of drug-likeness (QED) is 0.767. The molecule has 1 fully saturated rings. The fraction of sp³-hybridized carbons (Fsp3) is 0.875. The summed E-state index contributed by atoms with van der Waals surface area (Å²) in [4.78, 5) is 13.1. The number of likely N-dealkylation sites (N-methyl/N-ethyl adjacent to an activating group) is 1. The minimum absolute atomic E-state index is 0. The molecule has 0 aromatic rings. The predicted molar refractivity (Wildman–Crippen MR) is 58.8 cm³/mol. The molecule has 1 N–H and O–H groups in total. The first kappa shape index (κ1) is 15.5. The Kier molecular flexibility index (Phi) is 8.83. The maximum Gasteiger partial charge on any atom is 0.236 e. The van der Waals surface area contributed by atoms with E-state index < -0.39 is 0 Å². The van der Waals surface area contributed by atoms with Crippen molar-refractivity contribution >= 4 is 30.7 Å². The minimum Gasteiger partial charge on any atom is -0.340 e. The maximum absolute atomic E-state index is 11.2. The smallest absolute Gasteiger partial charge is 0.236 e. The van der Waals surface area contributed by atoms with E-state index in [4.69, 9.17) is 0 Å². The van der Waals surface area contributed by atoms with Crippen LogP contribution in [-0.2, 0) is 4.79 Å². The van der Waals surface area contributed by atoms with Gasteiger partial charge in [0, 0.05) is 19.1 Å². The Labute approximate surface area is 92.1 Å². The van der Waals surface area contributed by atoms with Crippen LogP contribution >= 0.6 is 24.8 Å². The minimum atomic E-state index is 0. The predicted octanol–water partition coefficient (Wildman–Crippen LogP) is 1.06. The van der Waals surface area contributed by atoms with Gasteiger partial charge in [-0.1, -0.05) is 6.92 Å². The van der Waals surface area contributed by atoms with E-state index in [-0.39, 0.29) is 30.7 Å². The highest BCUT2D eigenvalue weighted by atomic mass is 35.5. The Balaban J connectivity index is 0. The van der Waals surface area contributed by atoms with Crippen LogP contribution in [0.5, 0.6) is 0 Å². The number of halogens is 2. The molecule has 0 aromatic heterocycles. The number of piperazine rings is 1. The lowest BCUT2D eigenvalue weighted by atomic mass is 10.1. The Hall–Kier alpha value is 0.01000. The second-order valence-corrected chi connectivity index (χ2v) is 2.92. The van der Waals surface area contributed by atoms with E-state index in [9.17, 15) is 4.79 Å². The van der Waals surface area contributed by atoms with Crippen LogP contribution in [0.25, 0.3) is 0 Å². The van der Waals surface area contributed by atoms with Gasteiger partial charge in [0.15, 0.2) is 0 Å². The summed E-state index contributed by atoms with van der Waals surface area (Å²) in [5.41, 5.74) is 0. The number of carbonyl (C=O) groups excluding carboxylic acids is 1. The van der Waals surface area contributed by atoms with Crippen molar-refractivity contribution in [2.75, 3.05) is 19.6 Å². The molecule has 0 bridgehead atoms. The zero-order valence-electron chi connectivity index (χ0n) is 8.08. The van der Waals surface area contributed by atoms with Crippen molar-refractivity contribution in [2.45, 2.75) is 26.3 Å². The normalized spacial score (nSPS) is 21.8. The van der Waals surface area contributed by atoms with Gasteiger partial charge in [0.05, 0.1) is 6.54 Å². The summed E-state index contributed by atoms with van der Waals surface area (Å²) >= 11 is 0. The molecule has 0 aliphatic carbocycles. The van der Waals surface area contributed by atoms with Crippen LogP contribution in [-0.4, -0.2) is 36.5 Å². The summed E-state index contributed by atoms with van der Waals surface area (Å²) in [5.74, 6) is 0.234. The third kappa shape index (κ3) is 4.16. The highest BCUT2D eigenvalue weighted by Crippen LogP contribution is 2.02. The molecular formula is C8H18Cl2N2O. The van der Waals surface area contributed by atoms with E-state index in [2.05, 4.69) is 12.2 Å². The number of rotatable bonds is 2. The first-order chi connectivity index (χ1) is 5.27. The van der Waals surface area contributed by atoms with Gasteiger partial charge in [-0.15, -0.1) is 24.8 Å². The van der Waals surface area contributed by atoms with Crippen molar-refractivity contribution in [3.05, 3.63) is 0 Å². The largest absolute Gasteiger partial charge is 0.340 e. The van der Waals surface area contributed by atoms with E-state index in [0.717, 1.165) is 19.5 Å². The van der Waals surface area contributed by atoms with E-state index in [1.54, 1.807) is 0 Å². The van der Waals surface area contributed by atoms with Gasteiger partial charge in [0.25, 0.3) is 0 Å². The van der Waals surface area contributed by atoms with Crippen LogP contribution in [0.15, 0.2) is 0 Å². The summed E-state index contributed by atoms with van der Waals surface area (Å²) in [6.07, 6.45) is 1.10. The summed E-state index contributed by atoms with van der Waals surface area (Å²) in [6.45, 7) is 6.41. The molecule has 0 unspecified atom stereocenters. The summed E-state index contributed by atoms with van der Waals surface area (Å²) in [6, 6.07) is 0.507. The molecule has 80 valence electrons. The van der Waals surface area contributed by atoms with Gasteiger partial charge in [-0.3, -0.25) is 4.79 Å². The van der Waals surface area contributed by atoms with Crippen molar-refractivity contribution < 1.29 is 4.79 Å². The molecule has 1 saturated heterocycles. The molecule has 0 saturated carbocycles. The Morgan fingerprint density at radius 3 is 2.54 bits per heavy atom. The van der Waals surface area contributed by atoms with Crippen LogP contribution in [0.2, 0.25) is 0 Å². The third-order valence-corrected chi connectivity index (χ3v) is 2.21. The van der Waals surface area contributed by atoms with Crippen molar-refractivity contribution in [2.24, 2.45) is 0 Å². The first-order valence-corrected chi connectivity index (χ1v) is 4.29. The molecule has 1 aliphatic heterocycles. The zero-order valence-corrected chi connectivity index (χ0v) is 9.71. The van der Waals surface area contributed by atoms with Crippen LogP contribution < -0.4 is 5.32 Å². The van der Waals surface area contributed by atoms with Crippen LogP contribution in [0.3, 0.4) is 0 Å². The highest BCUT2D eigenvalue weighted by Gasteiger charge is 2.21. The van der Waals surface area contributed by atoms with Crippen molar-refractivity contribution in [3.8, 4) is 0 Å². The van der Waals surface area contributed by atoms with Gasteiger partial charge in [-0.2, -0.15) is 0 Å². The number of nitrogens with zero attached hydrogens (tertiary/aromatic N) is 1. The second kappa shape index (κ2) is 7.42. The Morgan fingerprint density at radius 1 is 1.46 bits per heavy atom. The average molecular weight is 229 g/mol. The first-order valence-electron chi connectivity index (χ1n) is 4.29. The van der Waals surface area contributed by atoms with Gasteiger partial charge in [-0.25, -0.2) is 0 Å². The van der Waals surface area contributed by atoms with Gasteiger partial charge in [0.2, 0.25) is 5.91 Å². The number of hydrogen-bond acceptors (Lipinski definition) is 2. The molecule has 13 heavy (non-hydrogen) atoms. The molecule has 1 atom stereocenters. The summed E-state index contributed by atoms with van der Waals surface area (Å²) in [5, 5.41) is 3.19. The lowest BCUT2D eigenvalue weighted by Gasteiger charge is -2.32. The van der Waals surface area contributed by atoms with E-state index in [0.29, 0.717) is 12.6 Å². The van der Waals surface area contributed by atoms with Gasteiger partial charge < -0.3 is 10.2 Å². The van der Waals surface area contributed by atoms with Gasteiger partial charge in [-0.05, 0) is 13.3 Å². The standard InChI is InChI=1S/C8H16N2O.2ClH/c1-3-7-6-10(4-2)8(11)5-9-7;;/h7,9H,3-6H2,1-2H3;2*1H/t7-;;/m1../s1. The fourth-order valence-corrected chi connectivity index (χ4v) is 1.35. The molecule has 1 rings (SSSR count). The Bertz CT molecular complexity index is 155. The number of nitrogens with one attached hydrogen (secondary N) is 1. The molecule has 0 aromatic carbocycles. The van der Waals surface area contributed by atoms with Crippen LogP contribution in [0.1, 0.15) is 20.3 Å². The van der Waals surface area contributed by atoms with E-state index >= 15 is 0 Å². The summed E-state index contributed by atoms with van der Waals surface area (Å²) in [7, 11) is 0. The average Bonchev–Trinajstić information content (AvgIpc) is 2.05. The molecule has 1 amide bonds. The number of carbonyl (C=O) groups is 1. The summed E-state index contributed by atoms with van der Waals surface area (Å²) < 4.78 is 0. The van der Waals surface area contributed by atoms with Crippen LogP contribution in [0.4, 0.5) is 0 Å².